The highest BCUT2D eigenvalue weighted by Gasteiger charge is 2.13. The van der Waals surface area contributed by atoms with E-state index in [1.807, 2.05) is 30.6 Å². The zero-order valence-electron chi connectivity index (χ0n) is 16.8. The Labute approximate surface area is 184 Å². The van der Waals surface area contributed by atoms with Crippen molar-refractivity contribution in [3.05, 3.63) is 65.9 Å². The standard InChI is InChI=1S/C24H21ClN6/c25-19-12-17(13-21-18(19)7-8-26-21)28-24-29-20-5-3-15(11-22(20)30-24)16-4-6-23(27-14-16)31-9-1-2-10-31/h3-8,11-14,26H,1-2,9-10H2,(H2,28,29,30). The van der Waals surface area contributed by atoms with Crippen molar-refractivity contribution < 1.29 is 0 Å². The van der Waals surface area contributed by atoms with Crippen LogP contribution in [-0.2, 0) is 0 Å². The van der Waals surface area contributed by atoms with Gasteiger partial charge in [-0.25, -0.2) is 9.97 Å². The summed E-state index contributed by atoms with van der Waals surface area (Å²) in [7, 11) is 0. The first-order valence-electron chi connectivity index (χ1n) is 10.5. The van der Waals surface area contributed by atoms with Gasteiger partial charge in [0.15, 0.2) is 0 Å². The zero-order chi connectivity index (χ0) is 20.8. The van der Waals surface area contributed by atoms with E-state index in [9.17, 15) is 0 Å². The molecule has 3 N–H and O–H groups in total. The molecular formula is C24H21ClN6. The van der Waals surface area contributed by atoms with Gasteiger partial charge in [0.25, 0.3) is 0 Å². The maximum Gasteiger partial charge on any atom is 0.205 e. The number of H-pyrrole nitrogens is 2. The van der Waals surface area contributed by atoms with Crippen molar-refractivity contribution in [2.75, 3.05) is 23.3 Å². The van der Waals surface area contributed by atoms with Crippen LogP contribution in [0, 0.1) is 0 Å². The Kier molecular flexibility index (Phi) is 4.32. The third kappa shape index (κ3) is 3.39. The van der Waals surface area contributed by atoms with Crippen molar-refractivity contribution in [3.63, 3.8) is 0 Å². The second-order valence-corrected chi connectivity index (χ2v) is 8.35. The molecule has 4 heterocycles. The molecule has 6 nitrogen and oxygen atoms in total. The molecule has 5 aromatic rings. The predicted molar refractivity (Wildman–Crippen MR) is 127 cm³/mol. The minimum absolute atomic E-state index is 0.677. The second kappa shape index (κ2) is 7.32. The molecule has 6 rings (SSSR count). The Hall–Kier alpha value is -3.51. The maximum absolute atomic E-state index is 6.39. The average Bonchev–Trinajstić information content (AvgIpc) is 3.53. The quantitative estimate of drug-likeness (QED) is 0.323. The van der Waals surface area contributed by atoms with Crippen LogP contribution in [0.15, 0.2) is 60.9 Å². The van der Waals surface area contributed by atoms with Gasteiger partial charge in [-0.2, -0.15) is 0 Å². The van der Waals surface area contributed by atoms with Crippen LogP contribution in [-0.4, -0.2) is 33.0 Å². The number of nitrogens with one attached hydrogen (secondary N) is 3. The molecule has 1 aliphatic rings. The molecule has 1 aliphatic heterocycles. The summed E-state index contributed by atoms with van der Waals surface area (Å²) in [6.45, 7) is 2.20. The minimum Gasteiger partial charge on any atom is -0.361 e. The lowest BCUT2D eigenvalue weighted by Gasteiger charge is -2.16. The summed E-state index contributed by atoms with van der Waals surface area (Å²) >= 11 is 6.39. The van der Waals surface area contributed by atoms with Crippen molar-refractivity contribution in [3.8, 4) is 11.1 Å². The van der Waals surface area contributed by atoms with Gasteiger partial charge in [0.1, 0.15) is 5.82 Å². The van der Waals surface area contributed by atoms with Crippen LogP contribution in [0.5, 0.6) is 0 Å². The SMILES string of the molecule is Clc1cc(Nc2nc3cc(-c4ccc(N5CCCC5)nc4)ccc3[nH]2)cc2[nH]ccc12. The molecule has 0 unspecified atom stereocenters. The average molecular weight is 429 g/mol. The van der Waals surface area contributed by atoms with Crippen LogP contribution >= 0.6 is 11.6 Å². The number of rotatable bonds is 4. The van der Waals surface area contributed by atoms with E-state index in [0.717, 1.165) is 57.7 Å². The first-order chi connectivity index (χ1) is 15.2. The number of halogens is 1. The summed E-state index contributed by atoms with van der Waals surface area (Å²) in [5.41, 5.74) is 5.92. The van der Waals surface area contributed by atoms with E-state index < -0.39 is 0 Å². The summed E-state index contributed by atoms with van der Waals surface area (Å²) in [5.74, 6) is 1.74. The van der Waals surface area contributed by atoms with Crippen molar-refractivity contribution in [1.29, 1.82) is 0 Å². The first-order valence-corrected chi connectivity index (χ1v) is 10.9. The van der Waals surface area contributed by atoms with E-state index >= 15 is 0 Å². The van der Waals surface area contributed by atoms with Crippen molar-refractivity contribution in [2.24, 2.45) is 0 Å². The Morgan fingerprint density at radius 1 is 0.935 bits per heavy atom. The van der Waals surface area contributed by atoms with Gasteiger partial charge in [0.05, 0.1) is 16.1 Å². The highest BCUT2D eigenvalue weighted by Crippen LogP contribution is 2.30. The molecule has 0 atom stereocenters. The number of fused-ring (bicyclic) bond motifs is 2. The van der Waals surface area contributed by atoms with E-state index in [1.54, 1.807) is 0 Å². The third-order valence-corrected chi connectivity index (χ3v) is 6.19. The molecular weight excluding hydrogens is 408 g/mol. The Bertz CT molecular complexity index is 1380. The number of benzene rings is 2. The molecule has 154 valence electrons. The number of hydrogen-bond acceptors (Lipinski definition) is 4. The van der Waals surface area contributed by atoms with E-state index in [-0.39, 0.29) is 0 Å². The van der Waals surface area contributed by atoms with Crippen molar-refractivity contribution in [2.45, 2.75) is 12.8 Å². The second-order valence-electron chi connectivity index (χ2n) is 7.94. The fraction of sp³-hybridized carbons (Fsp3) is 0.167. The largest absolute Gasteiger partial charge is 0.361 e. The molecule has 0 spiro atoms. The van der Waals surface area contributed by atoms with E-state index in [1.165, 1.54) is 12.8 Å². The molecule has 0 saturated carbocycles. The molecule has 0 radical (unpaired) electrons. The third-order valence-electron chi connectivity index (χ3n) is 5.88. The van der Waals surface area contributed by atoms with Gasteiger partial charge in [-0.15, -0.1) is 0 Å². The van der Waals surface area contributed by atoms with Crippen LogP contribution in [0.2, 0.25) is 5.02 Å². The molecule has 0 bridgehead atoms. The molecule has 2 aromatic carbocycles. The van der Waals surface area contributed by atoms with Crippen LogP contribution in [0.3, 0.4) is 0 Å². The molecule has 31 heavy (non-hydrogen) atoms. The zero-order valence-corrected chi connectivity index (χ0v) is 17.6. The highest BCUT2D eigenvalue weighted by atomic mass is 35.5. The highest BCUT2D eigenvalue weighted by molar-refractivity contribution is 6.35. The van der Waals surface area contributed by atoms with Gasteiger partial charge >= 0.3 is 0 Å². The van der Waals surface area contributed by atoms with E-state index in [2.05, 4.69) is 55.5 Å². The smallest absolute Gasteiger partial charge is 0.205 e. The molecule has 1 saturated heterocycles. The first kappa shape index (κ1) is 18.3. The number of aromatic amines is 2. The molecule has 0 aliphatic carbocycles. The van der Waals surface area contributed by atoms with Crippen LogP contribution < -0.4 is 10.2 Å². The Morgan fingerprint density at radius 3 is 2.65 bits per heavy atom. The predicted octanol–water partition coefficient (Wildman–Crippen LogP) is 6.10. The van der Waals surface area contributed by atoms with Gasteiger partial charge < -0.3 is 20.2 Å². The number of nitrogens with zero attached hydrogens (tertiary/aromatic N) is 3. The van der Waals surface area contributed by atoms with Crippen molar-refractivity contribution in [1.82, 2.24) is 19.9 Å². The normalized spacial score (nSPS) is 14.0. The van der Waals surface area contributed by atoms with Crippen molar-refractivity contribution >= 4 is 51.0 Å². The number of hydrogen-bond donors (Lipinski definition) is 3. The Balaban J connectivity index is 1.27. The molecule has 1 fully saturated rings. The van der Waals surface area contributed by atoms with Gasteiger partial charge in [0, 0.05) is 47.6 Å². The monoisotopic (exact) mass is 428 g/mol. The fourth-order valence-electron chi connectivity index (χ4n) is 4.27. The lowest BCUT2D eigenvalue weighted by atomic mass is 10.1. The van der Waals surface area contributed by atoms with Crippen LogP contribution in [0.1, 0.15) is 12.8 Å². The number of anilines is 3. The van der Waals surface area contributed by atoms with E-state index in [0.29, 0.717) is 11.0 Å². The lowest BCUT2D eigenvalue weighted by molar-refractivity contribution is 0.938. The van der Waals surface area contributed by atoms with Crippen LogP contribution in [0.25, 0.3) is 33.1 Å². The summed E-state index contributed by atoms with van der Waals surface area (Å²) in [4.78, 5) is 18.3. The molecule has 7 heteroatoms. The summed E-state index contributed by atoms with van der Waals surface area (Å²) in [6.07, 6.45) is 6.34. The van der Waals surface area contributed by atoms with Crippen LogP contribution in [0.4, 0.5) is 17.5 Å². The Morgan fingerprint density at radius 2 is 1.81 bits per heavy atom. The maximum atomic E-state index is 6.39. The summed E-state index contributed by atoms with van der Waals surface area (Å²) < 4.78 is 0. The van der Waals surface area contributed by atoms with Gasteiger partial charge in [-0.05, 0) is 60.9 Å². The van der Waals surface area contributed by atoms with E-state index in [4.69, 9.17) is 16.6 Å². The number of pyridine rings is 1. The molecule has 3 aromatic heterocycles. The number of aromatic nitrogens is 4. The molecule has 0 amide bonds. The van der Waals surface area contributed by atoms with Gasteiger partial charge in [-0.3, -0.25) is 0 Å². The fourth-order valence-corrected chi connectivity index (χ4v) is 4.55. The minimum atomic E-state index is 0.677. The lowest BCUT2D eigenvalue weighted by Crippen LogP contribution is -2.18. The van der Waals surface area contributed by atoms with Gasteiger partial charge in [-0.1, -0.05) is 17.7 Å². The van der Waals surface area contributed by atoms with Gasteiger partial charge in [0.2, 0.25) is 5.95 Å². The topological polar surface area (TPSA) is 72.6 Å². The summed E-state index contributed by atoms with van der Waals surface area (Å²) in [6, 6.07) is 16.4. The number of imidazole rings is 1. The summed E-state index contributed by atoms with van der Waals surface area (Å²) in [5, 5.41) is 5.03.